The van der Waals surface area contributed by atoms with E-state index in [-0.39, 0.29) is 11.6 Å². The number of pyridine rings is 1. The molecule has 1 atom stereocenters. The van der Waals surface area contributed by atoms with Gasteiger partial charge >= 0.3 is 0 Å². The number of aryl methyl sites for hydroxylation is 1. The van der Waals surface area contributed by atoms with Crippen molar-refractivity contribution in [1.82, 2.24) is 30.1 Å². The van der Waals surface area contributed by atoms with E-state index in [1.807, 2.05) is 12.1 Å². The molecule has 0 bridgehead atoms. The summed E-state index contributed by atoms with van der Waals surface area (Å²) in [4.78, 5) is 18.5. The van der Waals surface area contributed by atoms with Crippen LogP contribution in [0.15, 0.2) is 47.3 Å². The van der Waals surface area contributed by atoms with Crippen LogP contribution in [-0.2, 0) is 24.4 Å². The number of methoxy groups -OCH3 is 3. The summed E-state index contributed by atoms with van der Waals surface area (Å²) in [6, 6.07) is 13.9. The van der Waals surface area contributed by atoms with Crippen molar-refractivity contribution >= 4 is 10.9 Å². The van der Waals surface area contributed by atoms with Crippen LogP contribution in [-0.4, -0.2) is 58.0 Å². The van der Waals surface area contributed by atoms with Crippen molar-refractivity contribution < 1.29 is 14.2 Å². The third-order valence-corrected chi connectivity index (χ3v) is 6.50. The molecule has 0 amide bonds. The van der Waals surface area contributed by atoms with Gasteiger partial charge in [0.05, 0.1) is 38.9 Å². The van der Waals surface area contributed by atoms with Gasteiger partial charge in [0.15, 0.2) is 17.3 Å². The smallest absolute Gasteiger partial charge is 0.252 e. The van der Waals surface area contributed by atoms with Crippen molar-refractivity contribution in [2.75, 3.05) is 27.9 Å². The number of ether oxygens (including phenoxy) is 3. The summed E-state index contributed by atoms with van der Waals surface area (Å²) < 4.78 is 17.9. The molecule has 0 aliphatic rings. The Morgan fingerprint density at radius 1 is 1.03 bits per heavy atom. The first-order chi connectivity index (χ1) is 18.0. The number of nitrogens with one attached hydrogen (secondary N) is 1. The summed E-state index contributed by atoms with van der Waals surface area (Å²) >= 11 is 0. The summed E-state index contributed by atoms with van der Waals surface area (Å²) in [5.41, 5.74) is 3.51. The van der Waals surface area contributed by atoms with Crippen molar-refractivity contribution in [2.24, 2.45) is 0 Å². The minimum Gasteiger partial charge on any atom is -0.493 e. The molecule has 196 valence electrons. The Bertz CT molecular complexity index is 1380. The first-order valence-corrected chi connectivity index (χ1v) is 12.3. The second kappa shape index (κ2) is 12.0. The van der Waals surface area contributed by atoms with Crippen LogP contribution in [0.1, 0.15) is 41.9 Å². The van der Waals surface area contributed by atoms with Crippen LogP contribution >= 0.6 is 0 Å². The van der Waals surface area contributed by atoms with E-state index in [2.05, 4.69) is 63.5 Å². The Labute approximate surface area is 216 Å². The fourth-order valence-corrected chi connectivity index (χ4v) is 4.51. The number of tetrazole rings is 1. The number of benzene rings is 2. The summed E-state index contributed by atoms with van der Waals surface area (Å²) in [7, 11) is 4.82. The molecule has 2 aromatic carbocycles. The zero-order valence-corrected chi connectivity index (χ0v) is 22.0. The van der Waals surface area contributed by atoms with E-state index in [4.69, 9.17) is 14.2 Å². The van der Waals surface area contributed by atoms with Crippen LogP contribution in [0.2, 0.25) is 0 Å². The third-order valence-electron chi connectivity index (χ3n) is 6.50. The number of H-pyrrole nitrogens is 1. The number of hydrogen-bond acceptors (Lipinski definition) is 8. The SMILES string of the molecule is CC[C@H](c1nnnn1CCOC)N(Cc1ccc(C)cc1)Cc1cc2cc(OC)c(OC)cc2[nH]c1=O. The van der Waals surface area contributed by atoms with Crippen LogP contribution in [0.5, 0.6) is 11.5 Å². The fraction of sp³-hybridized carbons (Fsp3) is 0.407. The maximum Gasteiger partial charge on any atom is 0.252 e. The van der Waals surface area contributed by atoms with Crippen LogP contribution in [0.25, 0.3) is 10.9 Å². The van der Waals surface area contributed by atoms with E-state index in [9.17, 15) is 4.79 Å². The Morgan fingerprint density at radius 3 is 2.43 bits per heavy atom. The van der Waals surface area contributed by atoms with Gasteiger partial charge in [-0.2, -0.15) is 0 Å². The lowest BCUT2D eigenvalue weighted by atomic mass is 10.1. The second-order valence-corrected chi connectivity index (χ2v) is 8.99. The lowest BCUT2D eigenvalue weighted by Crippen LogP contribution is -2.32. The van der Waals surface area contributed by atoms with Crippen molar-refractivity contribution in [3.05, 3.63) is 75.3 Å². The summed E-state index contributed by atoms with van der Waals surface area (Å²) in [5.74, 6) is 1.91. The minimum atomic E-state index is -0.151. The fourth-order valence-electron chi connectivity index (χ4n) is 4.51. The van der Waals surface area contributed by atoms with Crippen LogP contribution in [0, 0.1) is 6.92 Å². The molecule has 2 aromatic heterocycles. The molecule has 10 heteroatoms. The van der Waals surface area contributed by atoms with Gasteiger partial charge in [0, 0.05) is 37.2 Å². The molecule has 0 unspecified atom stereocenters. The lowest BCUT2D eigenvalue weighted by Gasteiger charge is -2.30. The molecule has 0 aliphatic carbocycles. The average molecular weight is 507 g/mol. The Balaban J connectivity index is 1.74. The Kier molecular flexibility index (Phi) is 8.52. The van der Waals surface area contributed by atoms with Crippen LogP contribution in [0.3, 0.4) is 0 Å². The molecular weight excluding hydrogens is 472 g/mol. The molecule has 0 fully saturated rings. The number of rotatable bonds is 12. The molecule has 2 heterocycles. The standard InChI is InChI=1S/C27H34N6O4/c1-6-23(26-29-30-31-33(26)11-12-35-3)32(16-19-9-7-18(2)8-10-19)17-21-13-20-14-24(36-4)25(37-5)15-22(20)28-27(21)34/h7-10,13-15,23H,6,11-12,16-17H2,1-5H3,(H,28,34)/t23-/m1/s1. The number of hydrogen-bond donors (Lipinski definition) is 1. The Morgan fingerprint density at radius 2 is 1.76 bits per heavy atom. The van der Waals surface area contributed by atoms with Gasteiger partial charge < -0.3 is 19.2 Å². The molecule has 4 aromatic rings. The summed E-state index contributed by atoms with van der Waals surface area (Å²) in [6.45, 7) is 6.25. The molecule has 37 heavy (non-hydrogen) atoms. The first-order valence-electron chi connectivity index (χ1n) is 12.3. The van der Waals surface area contributed by atoms with Crippen LogP contribution < -0.4 is 15.0 Å². The normalized spacial score (nSPS) is 12.3. The monoisotopic (exact) mass is 506 g/mol. The van der Waals surface area contributed by atoms with Crippen molar-refractivity contribution in [3.8, 4) is 11.5 Å². The van der Waals surface area contributed by atoms with Gasteiger partial charge in [0.1, 0.15) is 0 Å². The van der Waals surface area contributed by atoms with E-state index in [1.165, 1.54) is 5.56 Å². The quantitative estimate of drug-likeness (QED) is 0.310. The predicted molar refractivity (Wildman–Crippen MR) is 141 cm³/mol. The minimum absolute atomic E-state index is 0.117. The number of fused-ring (bicyclic) bond motifs is 1. The van der Waals surface area contributed by atoms with Crippen molar-refractivity contribution in [3.63, 3.8) is 0 Å². The summed E-state index contributed by atoms with van der Waals surface area (Å²) in [6.07, 6.45) is 0.760. The highest BCUT2D eigenvalue weighted by molar-refractivity contribution is 5.83. The van der Waals surface area contributed by atoms with E-state index < -0.39 is 0 Å². The van der Waals surface area contributed by atoms with Crippen molar-refractivity contribution in [2.45, 2.75) is 45.9 Å². The molecule has 0 saturated heterocycles. The Hall–Kier alpha value is -3.76. The molecule has 0 saturated carbocycles. The largest absolute Gasteiger partial charge is 0.493 e. The molecule has 0 spiro atoms. The van der Waals surface area contributed by atoms with Gasteiger partial charge in [-0.3, -0.25) is 9.69 Å². The van der Waals surface area contributed by atoms with Gasteiger partial charge in [0.2, 0.25) is 0 Å². The maximum atomic E-state index is 13.2. The molecule has 0 radical (unpaired) electrons. The van der Waals surface area contributed by atoms with Gasteiger partial charge in [-0.1, -0.05) is 36.8 Å². The van der Waals surface area contributed by atoms with E-state index in [0.29, 0.717) is 48.8 Å². The van der Waals surface area contributed by atoms with Crippen molar-refractivity contribution in [1.29, 1.82) is 0 Å². The predicted octanol–water partition coefficient (Wildman–Crippen LogP) is 3.64. The number of aromatic nitrogens is 5. The highest BCUT2D eigenvalue weighted by Gasteiger charge is 2.26. The zero-order chi connectivity index (χ0) is 26.4. The maximum absolute atomic E-state index is 13.2. The van der Waals surface area contributed by atoms with E-state index >= 15 is 0 Å². The second-order valence-electron chi connectivity index (χ2n) is 8.99. The average Bonchev–Trinajstić information content (AvgIpc) is 3.36. The van der Waals surface area contributed by atoms with E-state index in [1.54, 1.807) is 32.1 Å². The molecule has 0 aliphatic heterocycles. The highest BCUT2D eigenvalue weighted by Crippen LogP contribution is 2.32. The van der Waals surface area contributed by atoms with Gasteiger partial charge in [-0.15, -0.1) is 5.10 Å². The van der Waals surface area contributed by atoms with E-state index in [0.717, 1.165) is 23.2 Å². The van der Waals surface area contributed by atoms with Gasteiger partial charge in [-0.05, 0) is 41.5 Å². The number of aromatic amines is 1. The lowest BCUT2D eigenvalue weighted by molar-refractivity contribution is 0.151. The topological polar surface area (TPSA) is 107 Å². The molecular formula is C27H34N6O4. The molecule has 4 rings (SSSR count). The molecule has 1 N–H and O–H groups in total. The van der Waals surface area contributed by atoms with Crippen LogP contribution in [0.4, 0.5) is 0 Å². The zero-order valence-electron chi connectivity index (χ0n) is 22.0. The third kappa shape index (κ3) is 5.98. The van der Waals surface area contributed by atoms with Gasteiger partial charge in [0.25, 0.3) is 5.56 Å². The van der Waals surface area contributed by atoms with Gasteiger partial charge in [-0.25, -0.2) is 4.68 Å². The number of nitrogens with zero attached hydrogens (tertiary/aromatic N) is 5. The molecule has 10 nitrogen and oxygen atoms in total. The summed E-state index contributed by atoms with van der Waals surface area (Å²) in [5, 5.41) is 13.3. The first kappa shape index (κ1) is 26.3. The highest BCUT2D eigenvalue weighted by atomic mass is 16.5.